The van der Waals surface area contributed by atoms with Crippen molar-refractivity contribution in [1.29, 1.82) is 0 Å². The lowest BCUT2D eigenvalue weighted by molar-refractivity contribution is -0.148. The van der Waals surface area contributed by atoms with Gasteiger partial charge in [0.25, 0.3) is 11.1 Å². The molecular formula is C16H16ClNO6S. The van der Waals surface area contributed by atoms with Gasteiger partial charge in [-0.3, -0.25) is 14.5 Å². The molecule has 1 aliphatic rings. The molecule has 1 aromatic rings. The topological polar surface area (TPSA) is 82.1 Å². The molecule has 1 aliphatic heterocycles. The van der Waals surface area contributed by atoms with Crippen molar-refractivity contribution in [2.24, 2.45) is 0 Å². The Balaban J connectivity index is 2.37. The number of ether oxygens (including phenoxy) is 3. The molecule has 134 valence electrons. The molecule has 0 aliphatic carbocycles. The summed E-state index contributed by atoms with van der Waals surface area (Å²) in [6, 6.07) is 2.21. The van der Waals surface area contributed by atoms with E-state index < -0.39 is 23.2 Å². The highest BCUT2D eigenvalue weighted by atomic mass is 35.5. The van der Waals surface area contributed by atoms with E-state index in [1.54, 1.807) is 12.1 Å². The number of nitrogens with zero attached hydrogens (tertiary/aromatic N) is 1. The van der Waals surface area contributed by atoms with E-state index in [4.69, 9.17) is 21.1 Å². The molecule has 0 unspecified atom stereocenters. The fourth-order valence-electron chi connectivity index (χ4n) is 2.26. The van der Waals surface area contributed by atoms with Crippen LogP contribution in [-0.2, 0) is 14.3 Å². The first-order chi connectivity index (χ1) is 11.8. The number of carbonyl (C=O) groups excluding carboxylic acids is 3. The van der Waals surface area contributed by atoms with Crippen molar-refractivity contribution in [3.05, 3.63) is 27.6 Å². The second kappa shape index (κ2) is 7.79. The molecule has 1 fully saturated rings. The largest absolute Gasteiger partial charge is 0.493 e. The number of halogens is 1. The number of carbonyl (C=O) groups is 3. The van der Waals surface area contributed by atoms with E-state index in [1.165, 1.54) is 34.3 Å². The third-order valence-corrected chi connectivity index (χ3v) is 4.67. The normalized spacial score (nSPS) is 17.0. The molecule has 0 aromatic heterocycles. The second-order valence-electron chi connectivity index (χ2n) is 4.99. The zero-order valence-electron chi connectivity index (χ0n) is 14.0. The third-order valence-electron chi connectivity index (χ3n) is 3.51. The summed E-state index contributed by atoms with van der Waals surface area (Å²) in [5.74, 6) is -0.478. The maximum atomic E-state index is 12.5. The van der Waals surface area contributed by atoms with Crippen molar-refractivity contribution in [2.45, 2.75) is 13.0 Å². The van der Waals surface area contributed by atoms with Crippen LogP contribution in [0.2, 0.25) is 5.02 Å². The van der Waals surface area contributed by atoms with E-state index in [-0.39, 0.29) is 4.91 Å². The van der Waals surface area contributed by atoms with Crippen LogP contribution in [0, 0.1) is 0 Å². The Labute approximate surface area is 153 Å². The van der Waals surface area contributed by atoms with Crippen molar-refractivity contribution >= 4 is 46.6 Å². The summed E-state index contributed by atoms with van der Waals surface area (Å²) in [6.07, 6.45) is 1.50. The van der Waals surface area contributed by atoms with E-state index in [2.05, 4.69) is 4.74 Å². The zero-order chi connectivity index (χ0) is 18.7. The molecule has 1 saturated heterocycles. The smallest absolute Gasteiger partial charge is 0.328 e. The highest BCUT2D eigenvalue weighted by Gasteiger charge is 2.41. The standard InChI is InChI=1S/C16H16ClNO6S/c1-8(15(20)24-4)18-14(19)12(25-16(18)21)7-9-5-10(17)13(23-3)11(6-9)22-2/h5-8H,1-4H3/b12-7+/t8-/m1/s1. The molecule has 2 rings (SSSR count). The van der Waals surface area contributed by atoms with Crippen molar-refractivity contribution in [2.75, 3.05) is 21.3 Å². The van der Waals surface area contributed by atoms with Gasteiger partial charge in [0.2, 0.25) is 0 Å². The molecule has 1 heterocycles. The first kappa shape index (κ1) is 19.1. The third kappa shape index (κ3) is 3.74. The SMILES string of the molecule is COC(=O)[C@@H](C)N1C(=O)S/C(=C/c2cc(Cl)c(OC)c(OC)c2)C1=O. The van der Waals surface area contributed by atoms with Crippen LogP contribution in [0.15, 0.2) is 17.0 Å². The Morgan fingerprint density at radius 3 is 2.48 bits per heavy atom. The van der Waals surface area contributed by atoms with Crippen LogP contribution >= 0.6 is 23.4 Å². The molecule has 1 aromatic carbocycles. The summed E-state index contributed by atoms with van der Waals surface area (Å²) in [5, 5.41) is -0.240. The van der Waals surface area contributed by atoms with E-state index in [0.29, 0.717) is 22.1 Å². The molecule has 0 saturated carbocycles. The Morgan fingerprint density at radius 2 is 1.92 bits per heavy atom. The van der Waals surface area contributed by atoms with Crippen molar-refractivity contribution in [1.82, 2.24) is 4.90 Å². The van der Waals surface area contributed by atoms with Crippen LogP contribution in [0.25, 0.3) is 6.08 Å². The van der Waals surface area contributed by atoms with Crippen LogP contribution in [0.3, 0.4) is 0 Å². The van der Waals surface area contributed by atoms with Gasteiger partial charge in [-0.25, -0.2) is 4.79 Å². The molecule has 7 nitrogen and oxygen atoms in total. The zero-order valence-corrected chi connectivity index (χ0v) is 15.6. The van der Waals surface area contributed by atoms with Crippen LogP contribution in [0.5, 0.6) is 11.5 Å². The molecule has 0 N–H and O–H groups in total. The Morgan fingerprint density at radius 1 is 1.24 bits per heavy atom. The molecule has 0 spiro atoms. The van der Waals surface area contributed by atoms with Gasteiger partial charge in [-0.15, -0.1) is 0 Å². The molecule has 0 radical (unpaired) electrons. The average Bonchev–Trinajstić information content (AvgIpc) is 2.86. The summed E-state index contributed by atoms with van der Waals surface area (Å²) in [4.78, 5) is 37.2. The minimum atomic E-state index is -1.00. The Kier molecular flexibility index (Phi) is 5.97. The minimum absolute atomic E-state index is 0.170. The molecular weight excluding hydrogens is 370 g/mol. The first-order valence-corrected chi connectivity index (χ1v) is 8.29. The number of thioether (sulfide) groups is 1. The average molecular weight is 386 g/mol. The number of hydrogen-bond donors (Lipinski definition) is 0. The maximum absolute atomic E-state index is 12.5. The van der Waals surface area contributed by atoms with Crippen LogP contribution < -0.4 is 9.47 Å². The van der Waals surface area contributed by atoms with Crippen molar-refractivity contribution in [3.8, 4) is 11.5 Å². The number of esters is 1. The highest BCUT2D eigenvalue weighted by molar-refractivity contribution is 8.18. The van der Waals surface area contributed by atoms with Gasteiger partial charge in [0.1, 0.15) is 6.04 Å². The minimum Gasteiger partial charge on any atom is -0.493 e. The fraction of sp³-hybridized carbons (Fsp3) is 0.312. The van der Waals surface area contributed by atoms with E-state index in [0.717, 1.165) is 16.7 Å². The van der Waals surface area contributed by atoms with Crippen LogP contribution in [-0.4, -0.2) is 49.4 Å². The summed E-state index contributed by atoms with van der Waals surface area (Å²) in [5.41, 5.74) is 0.555. The number of imide groups is 1. The van der Waals surface area contributed by atoms with E-state index in [9.17, 15) is 14.4 Å². The maximum Gasteiger partial charge on any atom is 0.328 e. The monoisotopic (exact) mass is 385 g/mol. The van der Waals surface area contributed by atoms with Gasteiger partial charge in [0, 0.05) is 0 Å². The summed E-state index contributed by atoms with van der Waals surface area (Å²) in [7, 11) is 4.12. The van der Waals surface area contributed by atoms with Gasteiger partial charge in [-0.1, -0.05) is 11.6 Å². The number of amides is 2. The Bertz CT molecular complexity index is 763. The molecule has 25 heavy (non-hydrogen) atoms. The number of benzene rings is 1. The molecule has 9 heteroatoms. The van der Waals surface area contributed by atoms with Gasteiger partial charge >= 0.3 is 5.97 Å². The summed E-state index contributed by atoms with van der Waals surface area (Å²) < 4.78 is 14.9. The van der Waals surface area contributed by atoms with Crippen molar-refractivity contribution in [3.63, 3.8) is 0 Å². The highest BCUT2D eigenvalue weighted by Crippen LogP contribution is 2.39. The summed E-state index contributed by atoms with van der Waals surface area (Å²) in [6.45, 7) is 1.43. The lowest BCUT2D eigenvalue weighted by Crippen LogP contribution is -2.42. The van der Waals surface area contributed by atoms with Gasteiger partial charge in [-0.2, -0.15) is 0 Å². The first-order valence-electron chi connectivity index (χ1n) is 7.10. The lowest BCUT2D eigenvalue weighted by atomic mass is 10.1. The molecule has 2 amide bonds. The van der Waals surface area contributed by atoms with Gasteiger partial charge in [-0.05, 0) is 42.5 Å². The van der Waals surface area contributed by atoms with Gasteiger partial charge in [0.05, 0.1) is 31.3 Å². The molecule has 1 atom stereocenters. The van der Waals surface area contributed by atoms with Gasteiger partial charge < -0.3 is 14.2 Å². The van der Waals surface area contributed by atoms with Crippen molar-refractivity contribution < 1.29 is 28.6 Å². The quantitative estimate of drug-likeness (QED) is 0.569. The van der Waals surface area contributed by atoms with Crippen LogP contribution in [0.4, 0.5) is 4.79 Å². The number of methoxy groups -OCH3 is 3. The molecule has 0 bridgehead atoms. The van der Waals surface area contributed by atoms with E-state index in [1.807, 2.05) is 0 Å². The predicted octanol–water partition coefficient (Wildman–Crippen LogP) is 2.96. The number of rotatable bonds is 5. The Hall–Kier alpha value is -2.19. The fourth-order valence-corrected chi connectivity index (χ4v) is 3.47. The van der Waals surface area contributed by atoms with Crippen LogP contribution in [0.1, 0.15) is 12.5 Å². The summed E-state index contributed by atoms with van der Waals surface area (Å²) >= 11 is 6.88. The van der Waals surface area contributed by atoms with E-state index >= 15 is 0 Å². The lowest BCUT2D eigenvalue weighted by Gasteiger charge is -2.18. The predicted molar refractivity (Wildman–Crippen MR) is 93.8 cm³/mol. The van der Waals surface area contributed by atoms with Gasteiger partial charge in [0.15, 0.2) is 11.5 Å². The second-order valence-corrected chi connectivity index (χ2v) is 6.39. The number of hydrogen-bond acceptors (Lipinski definition) is 7.